The van der Waals surface area contributed by atoms with E-state index in [1.807, 2.05) is 43.3 Å². The molecular formula is C14H14BrNO2. The molecule has 18 heavy (non-hydrogen) atoms. The minimum absolute atomic E-state index is 0.656. The average molecular weight is 308 g/mol. The summed E-state index contributed by atoms with van der Waals surface area (Å²) in [4.78, 5) is 0. The van der Waals surface area contributed by atoms with Crippen LogP contribution in [-0.4, -0.2) is 6.61 Å². The third-order valence-corrected chi connectivity index (χ3v) is 2.94. The SMILES string of the molecule is CCOc1ccc(Oc2ccc(N)cc2Br)cc1. The van der Waals surface area contributed by atoms with Crippen molar-refractivity contribution in [2.45, 2.75) is 6.92 Å². The third kappa shape index (κ3) is 3.17. The van der Waals surface area contributed by atoms with Crippen LogP contribution >= 0.6 is 15.9 Å². The molecule has 4 heteroatoms. The highest BCUT2D eigenvalue weighted by Crippen LogP contribution is 2.31. The highest BCUT2D eigenvalue weighted by atomic mass is 79.9. The van der Waals surface area contributed by atoms with Crippen molar-refractivity contribution in [3.8, 4) is 17.2 Å². The molecule has 0 saturated heterocycles. The van der Waals surface area contributed by atoms with Gasteiger partial charge in [-0.15, -0.1) is 0 Å². The van der Waals surface area contributed by atoms with E-state index in [9.17, 15) is 0 Å². The predicted molar refractivity (Wildman–Crippen MR) is 76.2 cm³/mol. The van der Waals surface area contributed by atoms with Crippen molar-refractivity contribution in [2.24, 2.45) is 0 Å². The molecule has 0 saturated carbocycles. The lowest BCUT2D eigenvalue weighted by atomic mass is 10.3. The molecule has 94 valence electrons. The maximum absolute atomic E-state index is 5.74. The fraction of sp³-hybridized carbons (Fsp3) is 0.143. The van der Waals surface area contributed by atoms with Gasteiger partial charge in [0, 0.05) is 5.69 Å². The molecule has 2 rings (SSSR count). The molecule has 0 fully saturated rings. The van der Waals surface area contributed by atoms with Gasteiger partial charge in [-0.1, -0.05) is 0 Å². The Morgan fingerprint density at radius 1 is 1.06 bits per heavy atom. The van der Waals surface area contributed by atoms with Crippen LogP contribution < -0.4 is 15.2 Å². The first kappa shape index (κ1) is 12.8. The van der Waals surface area contributed by atoms with E-state index < -0.39 is 0 Å². The van der Waals surface area contributed by atoms with Gasteiger partial charge in [0.15, 0.2) is 0 Å². The summed E-state index contributed by atoms with van der Waals surface area (Å²) in [6.07, 6.45) is 0. The van der Waals surface area contributed by atoms with E-state index >= 15 is 0 Å². The Balaban J connectivity index is 2.13. The molecule has 0 bridgehead atoms. The number of anilines is 1. The maximum atomic E-state index is 5.74. The fourth-order valence-corrected chi connectivity index (χ4v) is 1.97. The summed E-state index contributed by atoms with van der Waals surface area (Å²) in [7, 11) is 0. The number of ether oxygens (including phenoxy) is 2. The average Bonchev–Trinajstić information content (AvgIpc) is 2.35. The molecular weight excluding hydrogens is 294 g/mol. The molecule has 0 aromatic heterocycles. The summed E-state index contributed by atoms with van der Waals surface area (Å²) in [6, 6.07) is 12.9. The monoisotopic (exact) mass is 307 g/mol. The maximum Gasteiger partial charge on any atom is 0.141 e. The molecule has 0 amide bonds. The molecule has 2 aromatic rings. The normalized spacial score (nSPS) is 10.1. The highest BCUT2D eigenvalue weighted by molar-refractivity contribution is 9.10. The number of hydrogen-bond donors (Lipinski definition) is 1. The first-order valence-electron chi connectivity index (χ1n) is 5.65. The minimum atomic E-state index is 0.656. The highest BCUT2D eigenvalue weighted by Gasteiger charge is 2.03. The lowest BCUT2D eigenvalue weighted by molar-refractivity contribution is 0.339. The second-order valence-electron chi connectivity index (χ2n) is 3.70. The van der Waals surface area contributed by atoms with Crippen molar-refractivity contribution in [1.29, 1.82) is 0 Å². The molecule has 3 nitrogen and oxygen atoms in total. The Bertz CT molecular complexity index is 526. The lowest BCUT2D eigenvalue weighted by Gasteiger charge is -2.09. The van der Waals surface area contributed by atoms with Crippen molar-refractivity contribution in [2.75, 3.05) is 12.3 Å². The number of benzene rings is 2. The van der Waals surface area contributed by atoms with Crippen LogP contribution in [0.1, 0.15) is 6.92 Å². The molecule has 0 atom stereocenters. The van der Waals surface area contributed by atoms with Crippen LogP contribution in [0.5, 0.6) is 17.2 Å². The van der Waals surface area contributed by atoms with Gasteiger partial charge >= 0.3 is 0 Å². The second kappa shape index (κ2) is 5.78. The van der Waals surface area contributed by atoms with E-state index in [-0.39, 0.29) is 0 Å². The summed E-state index contributed by atoms with van der Waals surface area (Å²) in [5.41, 5.74) is 6.37. The zero-order chi connectivity index (χ0) is 13.0. The van der Waals surface area contributed by atoms with Crippen LogP contribution in [0.4, 0.5) is 5.69 Å². The molecule has 0 heterocycles. The van der Waals surface area contributed by atoms with Gasteiger partial charge in [-0.2, -0.15) is 0 Å². The Hall–Kier alpha value is -1.68. The summed E-state index contributed by atoms with van der Waals surface area (Å²) < 4.78 is 11.9. The second-order valence-corrected chi connectivity index (χ2v) is 4.55. The van der Waals surface area contributed by atoms with Crippen LogP contribution in [0.2, 0.25) is 0 Å². The van der Waals surface area contributed by atoms with E-state index in [0.29, 0.717) is 12.3 Å². The van der Waals surface area contributed by atoms with Crippen molar-refractivity contribution >= 4 is 21.6 Å². The Kier molecular flexibility index (Phi) is 4.10. The minimum Gasteiger partial charge on any atom is -0.494 e. The molecule has 0 spiro atoms. The van der Waals surface area contributed by atoms with Crippen LogP contribution in [0.3, 0.4) is 0 Å². The number of rotatable bonds is 4. The molecule has 0 aliphatic heterocycles. The Morgan fingerprint density at radius 2 is 1.72 bits per heavy atom. The van der Waals surface area contributed by atoms with E-state index in [1.165, 1.54) is 0 Å². The van der Waals surface area contributed by atoms with Gasteiger partial charge in [0.1, 0.15) is 17.2 Å². The zero-order valence-corrected chi connectivity index (χ0v) is 11.6. The van der Waals surface area contributed by atoms with Gasteiger partial charge in [-0.3, -0.25) is 0 Å². The lowest BCUT2D eigenvalue weighted by Crippen LogP contribution is -1.91. The predicted octanol–water partition coefficient (Wildman–Crippen LogP) is 4.22. The number of hydrogen-bond acceptors (Lipinski definition) is 3. The Morgan fingerprint density at radius 3 is 2.33 bits per heavy atom. The first-order chi connectivity index (χ1) is 8.69. The number of nitrogen functional groups attached to an aromatic ring is 1. The van der Waals surface area contributed by atoms with Gasteiger partial charge in [-0.05, 0) is 65.3 Å². The van der Waals surface area contributed by atoms with Crippen molar-refractivity contribution in [3.63, 3.8) is 0 Å². The quantitative estimate of drug-likeness (QED) is 0.860. The molecule has 0 unspecified atom stereocenters. The van der Waals surface area contributed by atoms with E-state index in [4.69, 9.17) is 15.2 Å². The Labute approximate surface area is 115 Å². The van der Waals surface area contributed by atoms with E-state index in [0.717, 1.165) is 21.7 Å². The van der Waals surface area contributed by atoms with Gasteiger partial charge in [0.05, 0.1) is 11.1 Å². The first-order valence-corrected chi connectivity index (χ1v) is 6.44. The summed E-state index contributed by atoms with van der Waals surface area (Å²) in [5.74, 6) is 2.32. The fourth-order valence-electron chi connectivity index (χ4n) is 1.50. The summed E-state index contributed by atoms with van der Waals surface area (Å²) >= 11 is 3.41. The van der Waals surface area contributed by atoms with Crippen LogP contribution in [0.25, 0.3) is 0 Å². The van der Waals surface area contributed by atoms with Gasteiger partial charge in [-0.25, -0.2) is 0 Å². The van der Waals surface area contributed by atoms with Gasteiger partial charge in [0.2, 0.25) is 0 Å². The molecule has 2 N–H and O–H groups in total. The summed E-state index contributed by atoms with van der Waals surface area (Å²) in [5, 5.41) is 0. The summed E-state index contributed by atoms with van der Waals surface area (Å²) in [6.45, 7) is 2.61. The largest absolute Gasteiger partial charge is 0.494 e. The standard InChI is InChI=1S/C14H14BrNO2/c1-2-17-11-4-6-12(7-5-11)18-14-8-3-10(16)9-13(14)15/h3-9H,2,16H2,1H3. The van der Waals surface area contributed by atoms with Gasteiger partial charge in [0.25, 0.3) is 0 Å². The van der Waals surface area contributed by atoms with Crippen molar-refractivity contribution < 1.29 is 9.47 Å². The zero-order valence-electron chi connectivity index (χ0n) is 10.0. The van der Waals surface area contributed by atoms with E-state index in [2.05, 4.69) is 15.9 Å². The molecule has 0 aliphatic carbocycles. The third-order valence-electron chi connectivity index (χ3n) is 2.32. The van der Waals surface area contributed by atoms with Crippen molar-refractivity contribution in [3.05, 3.63) is 46.9 Å². The molecule has 0 radical (unpaired) electrons. The number of nitrogens with two attached hydrogens (primary N) is 1. The van der Waals surface area contributed by atoms with Crippen LogP contribution in [0, 0.1) is 0 Å². The van der Waals surface area contributed by atoms with Gasteiger partial charge < -0.3 is 15.2 Å². The van der Waals surface area contributed by atoms with Crippen LogP contribution in [-0.2, 0) is 0 Å². The van der Waals surface area contributed by atoms with E-state index in [1.54, 1.807) is 6.07 Å². The molecule has 2 aromatic carbocycles. The van der Waals surface area contributed by atoms with Crippen LogP contribution in [0.15, 0.2) is 46.9 Å². The number of halogens is 1. The molecule has 0 aliphatic rings. The topological polar surface area (TPSA) is 44.5 Å². The smallest absolute Gasteiger partial charge is 0.141 e. The van der Waals surface area contributed by atoms with Crippen molar-refractivity contribution in [1.82, 2.24) is 0 Å².